The molecule has 22 heavy (non-hydrogen) atoms. The van der Waals surface area contributed by atoms with Gasteiger partial charge in [-0.1, -0.05) is 20.8 Å². The van der Waals surface area contributed by atoms with Crippen LogP contribution in [-0.2, 0) is 16.8 Å². The van der Waals surface area contributed by atoms with Gasteiger partial charge in [-0.2, -0.15) is 0 Å². The maximum atomic E-state index is 10.9. The van der Waals surface area contributed by atoms with E-state index in [0.717, 1.165) is 30.0 Å². The van der Waals surface area contributed by atoms with Gasteiger partial charge in [0, 0.05) is 18.5 Å². The number of ketones is 1. The molecule has 0 saturated heterocycles. The first-order valence-electron chi connectivity index (χ1n) is 7.75. The van der Waals surface area contributed by atoms with Crippen molar-refractivity contribution in [3.63, 3.8) is 0 Å². The fourth-order valence-electron chi connectivity index (χ4n) is 2.27. The Bertz CT molecular complexity index is 479. The molecule has 0 amide bonds. The van der Waals surface area contributed by atoms with E-state index in [9.17, 15) is 4.79 Å². The lowest BCUT2D eigenvalue weighted by molar-refractivity contribution is -0.117. The summed E-state index contributed by atoms with van der Waals surface area (Å²) >= 11 is 0. The molecule has 0 aliphatic carbocycles. The summed E-state index contributed by atoms with van der Waals surface area (Å²) in [5.74, 6) is 1.90. The van der Waals surface area contributed by atoms with E-state index in [1.54, 1.807) is 21.1 Å². The van der Waals surface area contributed by atoms with E-state index in [4.69, 9.17) is 9.47 Å². The highest BCUT2D eigenvalue weighted by atomic mass is 16.5. The van der Waals surface area contributed by atoms with Crippen molar-refractivity contribution in [3.05, 3.63) is 23.3 Å². The van der Waals surface area contributed by atoms with Gasteiger partial charge in [0.2, 0.25) is 0 Å². The Hall–Kier alpha value is -1.55. The minimum Gasteiger partial charge on any atom is -0.496 e. The third-order valence-corrected chi connectivity index (χ3v) is 3.66. The Labute approximate surface area is 134 Å². The van der Waals surface area contributed by atoms with E-state index in [2.05, 4.69) is 38.2 Å². The van der Waals surface area contributed by atoms with Crippen molar-refractivity contribution < 1.29 is 14.3 Å². The molecule has 0 bridgehead atoms. The maximum Gasteiger partial charge on any atom is 0.129 e. The molecule has 4 heteroatoms. The molecule has 0 radical (unpaired) electrons. The number of hydrogen-bond donors (Lipinski definition) is 1. The summed E-state index contributed by atoms with van der Waals surface area (Å²) in [6, 6.07) is 4.16. The van der Waals surface area contributed by atoms with Crippen molar-refractivity contribution in [2.75, 3.05) is 20.8 Å². The number of Topliss-reactive ketones (excluding diaryl/α,β-unsaturated/α-hetero) is 1. The van der Waals surface area contributed by atoms with Crippen LogP contribution < -0.4 is 14.8 Å². The Morgan fingerprint density at radius 3 is 2.09 bits per heavy atom. The van der Waals surface area contributed by atoms with E-state index in [1.165, 1.54) is 5.56 Å². The molecular formula is C18H29NO3. The number of benzene rings is 1. The van der Waals surface area contributed by atoms with Crippen LogP contribution >= 0.6 is 0 Å². The molecule has 1 aromatic rings. The Morgan fingerprint density at radius 1 is 1.14 bits per heavy atom. The zero-order chi connectivity index (χ0) is 16.8. The van der Waals surface area contributed by atoms with Crippen molar-refractivity contribution in [2.24, 2.45) is 0 Å². The molecule has 124 valence electrons. The number of ether oxygens (including phenoxy) is 2. The third-order valence-electron chi connectivity index (χ3n) is 3.66. The van der Waals surface area contributed by atoms with Crippen molar-refractivity contribution in [3.8, 4) is 11.5 Å². The van der Waals surface area contributed by atoms with Crippen LogP contribution in [0.4, 0.5) is 0 Å². The van der Waals surface area contributed by atoms with Gasteiger partial charge in [-0.15, -0.1) is 0 Å². The molecule has 0 spiro atoms. The number of hydrogen-bond acceptors (Lipinski definition) is 4. The molecule has 0 saturated carbocycles. The number of carbonyl (C=O) groups excluding carboxylic acids is 1. The minimum absolute atomic E-state index is 0.0357. The molecule has 0 fully saturated rings. The van der Waals surface area contributed by atoms with Gasteiger partial charge in [0.15, 0.2) is 0 Å². The SMILES string of the molecule is COc1cc(C(C)(C)C)cc(OC)c1CNCCCC(C)=O. The quantitative estimate of drug-likeness (QED) is 0.747. The summed E-state index contributed by atoms with van der Waals surface area (Å²) in [5, 5.41) is 3.35. The second kappa shape index (κ2) is 8.18. The van der Waals surface area contributed by atoms with Gasteiger partial charge in [0.25, 0.3) is 0 Å². The van der Waals surface area contributed by atoms with Gasteiger partial charge in [0.05, 0.1) is 14.2 Å². The average Bonchev–Trinajstić information content (AvgIpc) is 2.44. The summed E-state index contributed by atoms with van der Waals surface area (Å²) < 4.78 is 11.1. The number of rotatable bonds is 8. The van der Waals surface area contributed by atoms with Crippen LogP contribution in [0.2, 0.25) is 0 Å². The molecule has 0 atom stereocenters. The Morgan fingerprint density at radius 2 is 1.68 bits per heavy atom. The highest BCUT2D eigenvalue weighted by molar-refractivity contribution is 5.75. The van der Waals surface area contributed by atoms with Crippen LogP contribution in [0.5, 0.6) is 11.5 Å². The number of nitrogens with one attached hydrogen (secondary N) is 1. The standard InChI is InChI=1S/C18H29NO3/c1-13(20)8-7-9-19-12-15-16(21-5)10-14(18(2,3)4)11-17(15)22-6/h10-11,19H,7-9,12H2,1-6H3. The second-order valence-electron chi connectivity index (χ2n) is 6.59. The summed E-state index contributed by atoms with van der Waals surface area (Å²) in [6.07, 6.45) is 1.46. The summed E-state index contributed by atoms with van der Waals surface area (Å²) in [7, 11) is 3.36. The topological polar surface area (TPSA) is 47.6 Å². The number of methoxy groups -OCH3 is 2. The predicted molar refractivity (Wildman–Crippen MR) is 89.9 cm³/mol. The Kier molecular flexibility index (Phi) is 6.88. The summed E-state index contributed by atoms with van der Waals surface area (Å²) in [5.41, 5.74) is 2.23. The lowest BCUT2D eigenvalue weighted by Crippen LogP contribution is -2.18. The molecule has 0 aliphatic heterocycles. The average molecular weight is 307 g/mol. The van der Waals surface area contributed by atoms with Crippen LogP contribution in [0, 0.1) is 0 Å². The van der Waals surface area contributed by atoms with Gasteiger partial charge < -0.3 is 19.6 Å². The molecule has 4 nitrogen and oxygen atoms in total. The lowest BCUT2D eigenvalue weighted by Gasteiger charge is -2.23. The van der Waals surface area contributed by atoms with Crippen molar-refractivity contribution in [1.82, 2.24) is 5.32 Å². The molecule has 0 unspecified atom stereocenters. The van der Waals surface area contributed by atoms with E-state index < -0.39 is 0 Å². The summed E-state index contributed by atoms with van der Waals surface area (Å²) in [6.45, 7) is 9.58. The first-order chi connectivity index (χ1) is 10.3. The van der Waals surface area contributed by atoms with Gasteiger partial charge in [0.1, 0.15) is 17.3 Å². The van der Waals surface area contributed by atoms with Crippen LogP contribution in [0.3, 0.4) is 0 Å². The number of carbonyl (C=O) groups is 1. The van der Waals surface area contributed by atoms with E-state index in [1.807, 2.05) is 0 Å². The van der Waals surface area contributed by atoms with Crippen LogP contribution in [0.1, 0.15) is 51.7 Å². The van der Waals surface area contributed by atoms with Gasteiger partial charge in [-0.05, 0) is 43.0 Å². The molecule has 1 N–H and O–H groups in total. The van der Waals surface area contributed by atoms with Crippen molar-refractivity contribution in [2.45, 2.75) is 52.5 Å². The van der Waals surface area contributed by atoms with Gasteiger partial charge in [-0.3, -0.25) is 0 Å². The summed E-state index contributed by atoms with van der Waals surface area (Å²) in [4.78, 5) is 10.9. The highest BCUT2D eigenvalue weighted by Gasteiger charge is 2.19. The van der Waals surface area contributed by atoms with Gasteiger partial charge >= 0.3 is 0 Å². The fraction of sp³-hybridized carbons (Fsp3) is 0.611. The van der Waals surface area contributed by atoms with Crippen molar-refractivity contribution in [1.29, 1.82) is 0 Å². The predicted octanol–water partition coefficient (Wildman–Crippen LogP) is 3.46. The zero-order valence-corrected chi connectivity index (χ0v) is 14.7. The normalized spacial score (nSPS) is 11.4. The highest BCUT2D eigenvalue weighted by Crippen LogP contribution is 2.35. The minimum atomic E-state index is 0.0357. The van der Waals surface area contributed by atoms with E-state index in [-0.39, 0.29) is 11.2 Å². The van der Waals surface area contributed by atoms with E-state index in [0.29, 0.717) is 13.0 Å². The second-order valence-corrected chi connectivity index (χ2v) is 6.59. The van der Waals surface area contributed by atoms with E-state index >= 15 is 0 Å². The molecule has 1 aromatic carbocycles. The molecule has 0 aliphatic rings. The van der Waals surface area contributed by atoms with Crippen molar-refractivity contribution >= 4 is 5.78 Å². The first kappa shape index (κ1) is 18.5. The Balaban J connectivity index is 2.86. The maximum absolute atomic E-state index is 10.9. The molecule has 1 rings (SSSR count). The van der Waals surface area contributed by atoms with Crippen LogP contribution in [-0.4, -0.2) is 26.5 Å². The molecular weight excluding hydrogens is 278 g/mol. The largest absolute Gasteiger partial charge is 0.496 e. The van der Waals surface area contributed by atoms with Crippen LogP contribution in [0.25, 0.3) is 0 Å². The first-order valence-corrected chi connectivity index (χ1v) is 7.75. The lowest BCUT2D eigenvalue weighted by atomic mass is 9.86. The zero-order valence-electron chi connectivity index (χ0n) is 14.7. The van der Waals surface area contributed by atoms with Crippen LogP contribution in [0.15, 0.2) is 12.1 Å². The molecule has 0 aromatic heterocycles. The monoisotopic (exact) mass is 307 g/mol. The third kappa shape index (κ3) is 5.34. The smallest absolute Gasteiger partial charge is 0.129 e. The van der Waals surface area contributed by atoms with Gasteiger partial charge in [-0.25, -0.2) is 0 Å². The fourth-order valence-corrected chi connectivity index (χ4v) is 2.27. The molecule has 0 heterocycles.